The maximum absolute atomic E-state index is 11.5. The predicted octanol–water partition coefficient (Wildman–Crippen LogP) is 5.36. The van der Waals surface area contributed by atoms with Crippen molar-refractivity contribution in [2.45, 2.75) is 16.6 Å². The molecule has 0 aliphatic rings. The lowest BCUT2D eigenvalue weighted by molar-refractivity contribution is -0.110. The molecule has 1 nitrogen and oxygen atoms in total. The molecule has 0 aromatic rings. The fourth-order valence-corrected chi connectivity index (χ4v) is 1.27. The van der Waals surface area contributed by atoms with Crippen LogP contribution in [0, 0.1) is 0 Å². The molecule has 0 unspecified atom stereocenters. The van der Waals surface area contributed by atoms with Crippen molar-refractivity contribution in [3.05, 3.63) is 20.0 Å². The fraction of sp³-hybridized carbons (Fsp3) is 0.375. The molecular weight excluding hydrogens is 512 g/mol. The van der Waals surface area contributed by atoms with Crippen LogP contribution in [0.5, 0.6) is 0 Å². The number of carbonyl (C=O) groups excluding carboxylic acids is 1. The first-order valence-electron chi connectivity index (χ1n) is 3.62. The largest absolute Gasteiger partial charge is 0.289 e. The minimum absolute atomic E-state index is 0.106. The van der Waals surface area contributed by atoms with Gasteiger partial charge in [-0.25, -0.2) is 0 Å². The van der Waals surface area contributed by atoms with Crippen LogP contribution in [-0.2, 0) is 4.79 Å². The molecule has 0 bridgehead atoms. The van der Waals surface area contributed by atoms with Crippen LogP contribution < -0.4 is 0 Å². The van der Waals surface area contributed by atoms with E-state index in [0.717, 1.165) is 6.42 Å². The Morgan fingerprint density at radius 1 is 1.29 bits per heavy atom. The molecule has 0 N–H and O–H groups in total. The number of allylic oxidation sites excluding steroid dienone is 3. The van der Waals surface area contributed by atoms with Crippen LogP contribution in [0.1, 0.15) is 13.3 Å². The van der Waals surface area contributed by atoms with Crippen molar-refractivity contribution in [2.75, 3.05) is 0 Å². The van der Waals surface area contributed by atoms with Crippen molar-refractivity contribution in [2.24, 2.45) is 0 Å². The Morgan fingerprint density at radius 2 is 1.79 bits per heavy atom. The molecule has 6 heteroatoms. The van der Waals surface area contributed by atoms with E-state index < -0.39 is 0 Å². The number of carbonyl (C=O) groups is 1. The average molecular weight is 519 g/mol. The maximum Gasteiger partial charge on any atom is 0.194 e. The summed E-state index contributed by atoms with van der Waals surface area (Å²) in [6.07, 6.45) is 4.10. The summed E-state index contributed by atoms with van der Waals surface area (Å²) >= 11 is 16.3. The number of alkyl halides is 2. The Hall–Kier alpha value is 1.55. The van der Waals surface area contributed by atoms with Crippen LogP contribution in [0.3, 0.4) is 0 Å². The van der Waals surface area contributed by atoms with Crippen LogP contribution in [0.25, 0.3) is 0 Å². The molecule has 0 heterocycles. The molecule has 0 saturated heterocycles. The van der Waals surface area contributed by atoms with E-state index >= 15 is 0 Å². The molecule has 0 fully saturated rings. The quantitative estimate of drug-likeness (QED) is 0.362. The monoisotopic (exact) mass is 514 g/mol. The first-order valence-corrected chi connectivity index (χ1v) is 7.59. The first kappa shape index (κ1) is 15.6. The minimum atomic E-state index is -0.304. The highest BCUT2D eigenvalue weighted by Crippen LogP contribution is 2.32. The molecule has 0 rings (SSSR count). The Bertz CT molecular complexity index is 275. The fourth-order valence-electron chi connectivity index (χ4n) is 0.482. The van der Waals surface area contributed by atoms with Crippen LogP contribution in [-0.4, -0.2) is 9.02 Å². The molecular formula is C8H7Br5O. The number of hydrogen-bond acceptors (Lipinski definition) is 1. The van der Waals surface area contributed by atoms with Crippen molar-refractivity contribution in [3.8, 4) is 0 Å². The van der Waals surface area contributed by atoms with E-state index in [-0.39, 0.29) is 9.02 Å². The van der Waals surface area contributed by atoms with E-state index in [9.17, 15) is 4.79 Å². The van der Waals surface area contributed by atoms with E-state index in [4.69, 9.17) is 0 Å². The molecule has 0 aromatic carbocycles. The molecule has 0 amide bonds. The highest BCUT2D eigenvalue weighted by atomic mass is 79.9. The normalized spacial score (nSPS) is 11.9. The van der Waals surface area contributed by atoms with Gasteiger partial charge in [-0.3, -0.25) is 4.79 Å². The zero-order valence-electron chi connectivity index (χ0n) is 7.16. The van der Waals surface area contributed by atoms with E-state index in [2.05, 4.69) is 79.6 Å². The summed E-state index contributed by atoms with van der Waals surface area (Å²) in [5, 5.41) is 0. The van der Waals surface area contributed by atoms with Gasteiger partial charge in [0.2, 0.25) is 0 Å². The van der Waals surface area contributed by atoms with E-state index in [1.807, 2.05) is 6.92 Å². The topological polar surface area (TPSA) is 17.1 Å². The second kappa shape index (κ2) is 6.99. The molecule has 0 aromatic heterocycles. The second-order valence-corrected chi connectivity index (χ2v) is 9.72. The third-order valence-corrected chi connectivity index (χ3v) is 5.63. The van der Waals surface area contributed by atoms with Gasteiger partial charge in [0.15, 0.2) is 5.78 Å². The Balaban J connectivity index is 4.57. The van der Waals surface area contributed by atoms with Crippen molar-refractivity contribution >= 4 is 85.4 Å². The lowest BCUT2D eigenvalue weighted by Gasteiger charge is -2.11. The predicted molar refractivity (Wildman–Crippen MR) is 78.8 cm³/mol. The van der Waals surface area contributed by atoms with E-state index in [1.165, 1.54) is 6.08 Å². The van der Waals surface area contributed by atoms with Gasteiger partial charge in [-0.2, -0.15) is 0 Å². The molecule has 0 aliphatic heterocycles. The second-order valence-electron chi connectivity index (χ2n) is 2.39. The summed E-state index contributed by atoms with van der Waals surface area (Å²) in [4.78, 5) is 11.5. The number of ketones is 1. The van der Waals surface area contributed by atoms with Crippen molar-refractivity contribution in [1.29, 1.82) is 0 Å². The van der Waals surface area contributed by atoms with Gasteiger partial charge in [-0.05, 0) is 60.3 Å². The van der Waals surface area contributed by atoms with E-state index in [0.29, 0.717) is 7.87 Å². The third-order valence-electron chi connectivity index (χ3n) is 1.33. The van der Waals surface area contributed by atoms with Crippen LogP contribution in [0.4, 0.5) is 0 Å². The van der Waals surface area contributed by atoms with Crippen LogP contribution in [0.2, 0.25) is 0 Å². The molecule has 0 radical (unpaired) electrons. The van der Waals surface area contributed by atoms with Gasteiger partial charge in [-0.15, -0.1) is 0 Å². The SMILES string of the molecule is CCC(Br)(Br)C=CC(=O)C(Br)=C(Br)Br. The third kappa shape index (κ3) is 6.20. The summed E-state index contributed by atoms with van der Waals surface area (Å²) < 4.78 is 0.758. The van der Waals surface area contributed by atoms with Crippen molar-refractivity contribution in [3.63, 3.8) is 0 Å². The Morgan fingerprint density at radius 3 is 2.14 bits per heavy atom. The van der Waals surface area contributed by atoms with Gasteiger partial charge >= 0.3 is 0 Å². The zero-order valence-corrected chi connectivity index (χ0v) is 15.1. The van der Waals surface area contributed by atoms with Gasteiger partial charge in [-0.1, -0.05) is 44.9 Å². The molecule has 80 valence electrons. The number of hydrogen-bond donors (Lipinski definition) is 0. The average Bonchev–Trinajstić information content (AvgIpc) is 2.13. The van der Waals surface area contributed by atoms with Gasteiger partial charge < -0.3 is 0 Å². The standard InChI is InChI=1S/C8H7Br5O/c1-2-8(12,13)4-3-5(14)6(9)7(10)11/h3-4H,2H2,1H3. The number of halogens is 5. The highest BCUT2D eigenvalue weighted by molar-refractivity contribution is 9.29. The summed E-state index contributed by atoms with van der Waals surface area (Å²) in [5.74, 6) is -0.106. The number of rotatable bonds is 4. The Labute approximate surface area is 125 Å². The molecule has 0 spiro atoms. The summed E-state index contributed by atoms with van der Waals surface area (Å²) in [6.45, 7) is 2.00. The lowest BCUT2D eigenvalue weighted by Crippen LogP contribution is -2.05. The highest BCUT2D eigenvalue weighted by Gasteiger charge is 2.16. The maximum atomic E-state index is 11.5. The lowest BCUT2D eigenvalue weighted by atomic mass is 10.2. The molecule has 0 aliphatic carbocycles. The van der Waals surface area contributed by atoms with Crippen LogP contribution >= 0.6 is 79.6 Å². The molecule has 0 atom stereocenters. The van der Waals surface area contributed by atoms with Gasteiger partial charge in [0.25, 0.3) is 0 Å². The Kier molecular flexibility index (Phi) is 7.76. The van der Waals surface area contributed by atoms with Crippen molar-refractivity contribution in [1.82, 2.24) is 0 Å². The van der Waals surface area contributed by atoms with Crippen LogP contribution in [0.15, 0.2) is 20.0 Å². The first-order chi connectivity index (χ1) is 6.30. The summed E-state index contributed by atoms with van der Waals surface area (Å²) in [7, 11) is 0. The van der Waals surface area contributed by atoms with Gasteiger partial charge in [0, 0.05) is 0 Å². The molecule has 14 heavy (non-hydrogen) atoms. The van der Waals surface area contributed by atoms with Gasteiger partial charge in [0.05, 0.1) is 11.1 Å². The summed E-state index contributed by atoms with van der Waals surface area (Å²) in [5.41, 5.74) is 0. The van der Waals surface area contributed by atoms with Crippen molar-refractivity contribution < 1.29 is 4.79 Å². The minimum Gasteiger partial charge on any atom is -0.289 e. The van der Waals surface area contributed by atoms with E-state index in [1.54, 1.807) is 6.08 Å². The zero-order chi connectivity index (χ0) is 11.4. The summed E-state index contributed by atoms with van der Waals surface area (Å²) in [6, 6.07) is 0. The van der Waals surface area contributed by atoms with Gasteiger partial charge in [0.1, 0.15) is 0 Å². The molecule has 0 saturated carbocycles. The smallest absolute Gasteiger partial charge is 0.194 e.